The van der Waals surface area contributed by atoms with Crippen LogP contribution in [0.25, 0.3) is 11.4 Å². The maximum atomic E-state index is 13.8. The number of morpholine rings is 1. The standard InChI is InChI=1S/C21H16ClF4N3O2/c22-14-9-13(1-2-15(14)23)20-27-10-18(21(30)28-3-5-31-6-4-28)29(20)11-12-7-16(24)19(26)17(25)8-12/h1-2,7-10H,3-6,11H2. The first-order chi connectivity index (χ1) is 14.8. The Bertz CT molecular complexity index is 1120. The van der Waals surface area contributed by atoms with Crippen molar-refractivity contribution in [2.75, 3.05) is 26.3 Å². The van der Waals surface area contributed by atoms with Crippen molar-refractivity contribution in [2.24, 2.45) is 0 Å². The summed E-state index contributed by atoms with van der Waals surface area (Å²) in [5.41, 5.74) is 0.637. The maximum Gasteiger partial charge on any atom is 0.272 e. The summed E-state index contributed by atoms with van der Waals surface area (Å²) in [6, 6.07) is 5.61. The van der Waals surface area contributed by atoms with Gasteiger partial charge < -0.3 is 14.2 Å². The molecular weight excluding hydrogens is 438 g/mol. The highest BCUT2D eigenvalue weighted by atomic mass is 35.5. The smallest absolute Gasteiger partial charge is 0.272 e. The fourth-order valence-electron chi connectivity index (χ4n) is 3.38. The normalized spacial score (nSPS) is 14.2. The minimum atomic E-state index is -1.58. The van der Waals surface area contributed by atoms with Crippen molar-refractivity contribution >= 4 is 17.5 Å². The van der Waals surface area contributed by atoms with Gasteiger partial charge in [0, 0.05) is 18.7 Å². The predicted molar refractivity (Wildman–Crippen MR) is 105 cm³/mol. The summed E-state index contributed by atoms with van der Waals surface area (Å²) in [6.45, 7) is 1.34. The van der Waals surface area contributed by atoms with Crippen LogP contribution in [0.15, 0.2) is 36.5 Å². The van der Waals surface area contributed by atoms with Gasteiger partial charge in [-0.2, -0.15) is 0 Å². The molecule has 2 heterocycles. The van der Waals surface area contributed by atoms with E-state index in [1.807, 2.05) is 0 Å². The average molecular weight is 454 g/mol. The van der Waals surface area contributed by atoms with Gasteiger partial charge in [0.05, 0.1) is 31.0 Å². The van der Waals surface area contributed by atoms with Crippen LogP contribution in [-0.4, -0.2) is 46.7 Å². The van der Waals surface area contributed by atoms with Crippen molar-refractivity contribution in [3.8, 4) is 11.4 Å². The Morgan fingerprint density at radius 3 is 2.35 bits per heavy atom. The zero-order valence-corrected chi connectivity index (χ0v) is 16.8. The molecule has 0 atom stereocenters. The second kappa shape index (κ2) is 8.68. The molecule has 0 bridgehead atoms. The number of rotatable bonds is 4. The number of halogens is 5. The van der Waals surface area contributed by atoms with Crippen molar-refractivity contribution in [3.05, 3.63) is 76.1 Å². The van der Waals surface area contributed by atoms with Gasteiger partial charge in [0.1, 0.15) is 17.3 Å². The van der Waals surface area contributed by atoms with Gasteiger partial charge in [0.2, 0.25) is 0 Å². The zero-order valence-electron chi connectivity index (χ0n) is 16.0. The summed E-state index contributed by atoms with van der Waals surface area (Å²) in [5.74, 6) is -5.01. The molecular formula is C21H16ClF4N3O2. The second-order valence-corrected chi connectivity index (χ2v) is 7.37. The Hall–Kier alpha value is -2.91. The van der Waals surface area contributed by atoms with E-state index >= 15 is 0 Å². The number of carbonyl (C=O) groups excluding carboxylic acids is 1. The van der Waals surface area contributed by atoms with E-state index in [9.17, 15) is 22.4 Å². The predicted octanol–water partition coefficient (Wildman–Crippen LogP) is 4.28. The highest BCUT2D eigenvalue weighted by molar-refractivity contribution is 6.31. The number of nitrogens with zero attached hydrogens (tertiary/aromatic N) is 3. The molecule has 3 aromatic rings. The minimum Gasteiger partial charge on any atom is -0.378 e. The number of hydrogen-bond acceptors (Lipinski definition) is 3. The van der Waals surface area contributed by atoms with Gasteiger partial charge in [-0.1, -0.05) is 11.6 Å². The maximum absolute atomic E-state index is 13.8. The fourth-order valence-corrected chi connectivity index (χ4v) is 3.56. The molecule has 1 aliphatic rings. The molecule has 0 unspecified atom stereocenters. The van der Waals surface area contributed by atoms with Crippen molar-refractivity contribution in [2.45, 2.75) is 6.54 Å². The van der Waals surface area contributed by atoms with Gasteiger partial charge in [-0.15, -0.1) is 0 Å². The Morgan fingerprint density at radius 2 is 1.71 bits per heavy atom. The molecule has 1 fully saturated rings. The number of aromatic nitrogens is 2. The average Bonchev–Trinajstić information content (AvgIpc) is 3.17. The molecule has 0 aliphatic carbocycles. The molecule has 31 heavy (non-hydrogen) atoms. The van der Waals surface area contributed by atoms with Gasteiger partial charge in [-0.3, -0.25) is 4.79 Å². The van der Waals surface area contributed by atoms with E-state index in [-0.39, 0.29) is 34.6 Å². The van der Waals surface area contributed by atoms with Crippen molar-refractivity contribution < 1.29 is 27.1 Å². The molecule has 0 radical (unpaired) electrons. The lowest BCUT2D eigenvalue weighted by molar-refractivity contribution is 0.0296. The number of hydrogen-bond donors (Lipinski definition) is 0. The van der Waals surface area contributed by atoms with Crippen LogP contribution in [0.4, 0.5) is 17.6 Å². The summed E-state index contributed by atoms with van der Waals surface area (Å²) in [5, 5.41) is -0.146. The lowest BCUT2D eigenvalue weighted by Gasteiger charge is -2.27. The van der Waals surface area contributed by atoms with E-state index in [0.717, 1.165) is 18.2 Å². The Labute approximate surface area is 179 Å². The minimum absolute atomic E-state index is 0.0832. The Morgan fingerprint density at radius 1 is 1.03 bits per heavy atom. The first-order valence-corrected chi connectivity index (χ1v) is 9.74. The zero-order chi connectivity index (χ0) is 22.1. The lowest BCUT2D eigenvalue weighted by atomic mass is 10.1. The van der Waals surface area contributed by atoms with E-state index < -0.39 is 23.3 Å². The SMILES string of the molecule is O=C(c1cnc(-c2ccc(F)c(Cl)c2)n1Cc1cc(F)c(F)c(F)c1)N1CCOCC1. The van der Waals surface area contributed by atoms with Crippen LogP contribution in [0.5, 0.6) is 0 Å². The highest BCUT2D eigenvalue weighted by Crippen LogP contribution is 2.27. The molecule has 0 spiro atoms. The largest absolute Gasteiger partial charge is 0.378 e. The van der Waals surface area contributed by atoms with E-state index in [1.165, 1.54) is 22.9 Å². The molecule has 5 nitrogen and oxygen atoms in total. The molecule has 1 amide bonds. The van der Waals surface area contributed by atoms with Gasteiger partial charge in [0.15, 0.2) is 17.5 Å². The fraction of sp³-hybridized carbons (Fsp3) is 0.238. The Kier molecular flexibility index (Phi) is 5.97. The van der Waals surface area contributed by atoms with Gasteiger partial charge in [-0.25, -0.2) is 22.5 Å². The van der Waals surface area contributed by atoms with Crippen molar-refractivity contribution in [1.82, 2.24) is 14.5 Å². The number of benzene rings is 2. The monoisotopic (exact) mass is 453 g/mol. The molecule has 1 aliphatic heterocycles. The quantitative estimate of drug-likeness (QED) is 0.437. The van der Waals surface area contributed by atoms with Gasteiger partial charge in [-0.05, 0) is 35.9 Å². The summed E-state index contributed by atoms with van der Waals surface area (Å²) < 4.78 is 61.2. The summed E-state index contributed by atoms with van der Waals surface area (Å²) in [4.78, 5) is 18.9. The molecule has 4 rings (SSSR count). The molecule has 162 valence electrons. The van der Waals surface area contributed by atoms with Crippen LogP contribution in [-0.2, 0) is 11.3 Å². The second-order valence-electron chi connectivity index (χ2n) is 6.96. The first-order valence-electron chi connectivity index (χ1n) is 9.36. The van der Waals surface area contributed by atoms with Gasteiger partial charge in [0.25, 0.3) is 5.91 Å². The van der Waals surface area contributed by atoms with Crippen LogP contribution < -0.4 is 0 Å². The third kappa shape index (κ3) is 4.28. The van der Waals surface area contributed by atoms with Crippen LogP contribution in [0.3, 0.4) is 0 Å². The summed E-state index contributed by atoms with van der Waals surface area (Å²) in [6.07, 6.45) is 1.33. The first kappa shape index (κ1) is 21.3. The highest BCUT2D eigenvalue weighted by Gasteiger charge is 2.25. The summed E-state index contributed by atoms with van der Waals surface area (Å²) >= 11 is 5.88. The van der Waals surface area contributed by atoms with Crippen LogP contribution >= 0.6 is 11.6 Å². The third-order valence-electron chi connectivity index (χ3n) is 4.94. The number of amides is 1. The van der Waals surface area contributed by atoms with E-state index in [2.05, 4.69) is 4.98 Å². The van der Waals surface area contributed by atoms with E-state index in [1.54, 1.807) is 4.90 Å². The topological polar surface area (TPSA) is 47.4 Å². The van der Waals surface area contributed by atoms with Crippen LogP contribution in [0, 0.1) is 23.3 Å². The van der Waals surface area contributed by atoms with E-state index in [0.29, 0.717) is 31.9 Å². The number of carbonyl (C=O) groups is 1. The number of ether oxygens (including phenoxy) is 1. The molecule has 10 heteroatoms. The van der Waals surface area contributed by atoms with Gasteiger partial charge >= 0.3 is 0 Å². The third-order valence-corrected chi connectivity index (χ3v) is 5.22. The Balaban J connectivity index is 1.79. The van der Waals surface area contributed by atoms with Crippen molar-refractivity contribution in [3.63, 3.8) is 0 Å². The molecule has 1 aromatic heterocycles. The molecule has 0 N–H and O–H groups in total. The van der Waals surface area contributed by atoms with Crippen LogP contribution in [0.1, 0.15) is 16.1 Å². The molecule has 0 saturated carbocycles. The summed E-state index contributed by atoms with van der Waals surface area (Å²) in [7, 11) is 0. The van der Waals surface area contributed by atoms with Crippen molar-refractivity contribution in [1.29, 1.82) is 0 Å². The number of imidazole rings is 1. The molecule has 1 saturated heterocycles. The molecule has 2 aromatic carbocycles. The van der Waals surface area contributed by atoms with Crippen LogP contribution in [0.2, 0.25) is 5.02 Å². The van der Waals surface area contributed by atoms with E-state index in [4.69, 9.17) is 16.3 Å². The lowest BCUT2D eigenvalue weighted by Crippen LogP contribution is -2.41.